The van der Waals surface area contributed by atoms with Gasteiger partial charge in [-0.25, -0.2) is 0 Å². The number of nitrogens with one attached hydrogen (secondary N) is 1. The summed E-state index contributed by atoms with van der Waals surface area (Å²) < 4.78 is 1.97. The second kappa shape index (κ2) is 5.80. The molecule has 0 radical (unpaired) electrons. The minimum Gasteiger partial charge on any atom is -0.313 e. The fraction of sp³-hybridized carbons (Fsp3) is 0.471. The van der Waals surface area contributed by atoms with E-state index < -0.39 is 0 Å². The van der Waals surface area contributed by atoms with Crippen molar-refractivity contribution < 1.29 is 0 Å². The molecule has 20 heavy (non-hydrogen) atoms. The summed E-state index contributed by atoms with van der Waals surface area (Å²) in [6, 6.07) is 7.09. The Hall–Kier alpha value is -1.61. The van der Waals surface area contributed by atoms with Crippen molar-refractivity contribution in [1.29, 1.82) is 0 Å². The molecule has 0 aliphatic rings. The van der Waals surface area contributed by atoms with Gasteiger partial charge >= 0.3 is 0 Å². The molecule has 3 heteroatoms. The van der Waals surface area contributed by atoms with Crippen LogP contribution in [0.25, 0.3) is 0 Å². The summed E-state index contributed by atoms with van der Waals surface area (Å²) in [4.78, 5) is 0. The first kappa shape index (κ1) is 14.8. The van der Waals surface area contributed by atoms with Gasteiger partial charge in [-0.1, -0.05) is 29.3 Å². The maximum atomic E-state index is 4.52. The zero-order valence-electron chi connectivity index (χ0n) is 13.4. The number of nitrogens with zero attached hydrogens (tertiary/aromatic N) is 2. The van der Waals surface area contributed by atoms with Crippen LogP contribution in [0.4, 0.5) is 0 Å². The lowest BCUT2D eigenvalue weighted by Gasteiger charge is -2.18. The number of likely N-dealkylation sites (N-methyl/N-ethyl adjacent to an activating group) is 1. The number of rotatable bonds is 4. The van der Waals surface area contributed by atoms with Gasteiger partial charge in [-0.2, -0.15) is 5.10 Å². The zero-order valence-corrected chi connectivity index (χ0v) is 13.4. The Morgan fingerprint density at radius 3 is 2.15 bits per heavy atom. The summed E-state index contributed by atoms with van der Waals surface area (Å²) in [7, 11) is 4.04. The van der Waals surface area contributed by atoms with Crippen molar-refractivity contribution in [2.24, 2.45) is 7.05 Å². The predicted octanol–water partition coefficient (Wildman–Crippen LogP) is 3.16. The normalized spacial score (nSPS) is 12.7. The molecule has 108 valence electrons. The lowest BCUT2D eigenvalue weighted by molar-refractivity contribution is 0.587. The molecule has 0 aliphatic carbocycles. The van der Waals surface area contributed by atoms with Gasteiger partial charge < -0.3 is 5.32 Å². The number of aromatic nitrogens is 2. The van der Waals surface area contributed by atoms with Crippen LogP contribution in [0, 0.1) is 27.7 Å². The molecule has 0 aliphatic heterocycles. The van der Waals surface area contributed by atoms with Crippen molar-refractivity contribution >= 4 is 0 Å². The molecule has 2 aromatic rings. The summed E-state index contributed by atoms with van der Waals surface area (Å²) in [5.74, 6) is 0. The van der Waals surface area contributed by atoms with E-state index in [2.05, 4.69) is 56.3 Å². The standard InChI is InChI=1S/C17H25N3/c1-11-7-12(2)9-15(8-11)17(18-5)10-16-13(3)19-20(6)14(16)4/h7-9,17-18H,10H2,1-6H3. The molecule has 1 unspecified atom stereocenters. The van der Waals surface area contributed by atoms with Gasteiger partial charge in [0.05, 0.1) is 5.69 Å². The average molecular weight is 271 g/mol. The van der Waals surface area contributed by atoms with Gasteiger partial charge in [0, 0.05) is 18.8 Å². The topological polar surface area (TPSA) is 29.9 Å². The molecular formula is C17H25N3. The first-order chi connectivity index (χ1) is 9.42. The molecule has 0 saturated heterocycles. The third kappa shape index (κ3) is 2.93. The number of hydrogen-bond donors (Lipinski definition) is 1. The summed E-state index contributed by atoms with van der Waals surface area (Å²) in [6.07, 6.45) is 0.977. The van der Waals surface area contributed by atoms with E-state index in [-0.39, 0.29) is 0 Å². The van der Waals surface area contributed by atoms with Crippen LogP contribution in [0.15, 0.2) is 18.2 Å². The van der Waals surface area contributed by atoms with Crippen LogP contribution < -0.4 is 5.32 Å². The summed E-state index contributed by atoms with van der Waals surface area (Å²) >= 11 is 0. The third-order valence-electron chi connectivity index (χ3n) is 4.06. The molecule has 0 spiro atoms. The van der Waals surface area contributed by atoms with Crippen molar-refractivity contribution in [2.75, 3.05) is 7.05 Å². The zero-order chi connectivity index (χ0) is 14.9. The van der Waals surface area contributed by atoms with E-state index >= 15 is 0 Å². The maximum absolute atomic E-state index is 4.52. The van der Waals surface area contributed by atoms with Crippen LogP contribution >= 0.6 is 0 Å². The number of benzene rings is 1. The van der Waals surface area contributed by atoms with Gasteiger partial charge in [0.15, 0.2) is 0 Å². The highest BCUT2D eigenvalue weighted by atomic mass is 15.3. The van der Waals surface area contributed by atoms with Crippen LogP contribution in [0.1, 0.15) is 39.7 Å². The van der Waals surface area contributed by atoms with E-state index in [0.717, 1.165) is 12.1 Å². The van der Waals surface area contributed by atoms with Crippen LogP contribution in [0.3, 0.4) is 0 Å². The molecule has 1 N–H and O–H groups in total. The molecule has 1 aromatic heterocycles. The van der Waals surface area contributed by atoms with Crippen molar-refractivity contribution in [3.8, 4) is 0 Å². The molecular weight excluding hydrogens is 246 g/mol. The van der Waals surface area contributed by atoms with Crippen LogP contribution in [0.2, 0.25) is 0 Å². The van der Waals surface area contributed by atoms with Crippen molar-refractivity contribution in [1.82, 2.24) is 15.1 Å². The molecule has 0 saturated carbocycles. The summed E-state index contributed by atoms with van der Waals surface area (Å²) in [6.45, 7) is 8.55. The quantitative estimate of drug-likeness (QED) is 0.925. The first-order valence-corrected chi connectivity index (χ1v) is 7.17. The van der Waals surface area contributed by atoms with Gasteiger partial charge in [0.1, 0.15) is 0 Å². The Kier molecular flexibility index (Phi) is 4.29. The lowest BCUT2D eigenvalue weighted by atomic mass is 9.95. The summed E-state index contributed by atoms with van der Waals surface area (Å²) in [5.41, 5.74) is 7.74. The minimum atomic E-state index is 0.329. The van der Waals surface area contributed by atoms with E-state index in [0.29, 0.717) is 6.04 Å². The van der Waals surface area contributed by atoms with E-state index in [4.69, 9.17) is 0 Å². The van der Waals surface area contributed by atoms with E-state index in [9.17, 15) is 0 Å². The van der Waals surface area contributed by atoms with E-state index in [1.165, 1.54) is 27.9 Å². The van der Waals surface area contributed by atoms with Gasteiger partial charge in [-0.3, -0.25) is 4.68 Å². The molecule has 2 rings (SSSR count). The molecule has 0 fully saturated rings. The Labute approximate surface area is 122 Å². The van der Waals surface area contributed by atoms with Crippen LogP contribution in [0.5, 0.6) is 0 Å². The monoisotopic (exact) mass is 271 g/mol. The maximum Gasteiger partial charge on any atom is 0.0629 e. The molecule has 1 atom stereocenters. The number of aryl methyl sites for hydroxylation is 4. The lowest BCUT2D eigenvalue weighted by Crippen LogP contribution is -2.19. The van der Waals surface area contributed by atoms with Crippen LogP contribution in [-0.2, 0) is 13.5 Å². The highest BCUT2D eigenvalue weighted by molar-refractivity contribution is 5.33. The largest absolute Gasteiger partial charge is 0.313 e. The molecule has 0 amide bonds. The van der Waals surface area contributed by atoms with Crippen LogP contribution in [-0.4, -0.2) is 16.8 Å². The van der Waals surface area contributed by atoms with E-state index in [1.54, 1.807) is 0 Å². The fourth-order valence-corrected chi connectivity index (χ4v) is 2.91. The van der Waals surface area contributed by atoms with Gasteiger partial charge in [-0.15, -0.1) is 0 Å². The van der Waals surface area contributed by atoms with Crippen molar-refractivity contribution in [3.05, 3.63) is 51.8 Å². The highest BCUT2D eigenvalue weighted by Gasteiger charge is 2.16. The molecule has 0 bridgehead atoms. The molecule has 3 nitrogen and oxygen atoms in total. The minimum absolute atomic E-state index is 0.329. The second-order valence-electron chi connectivity index (χ2n) is 5.74. The van der Waals surface area contributed by atoms with Gasteiger partial charge in [0.2, 0.25) is 0 Å². The predicted molar refractivity (Wildman–Crippen MR) is 84.1 cm³/mol. The second-order valence-corrected chi connectivity index (χ2v) is 5.74. The highest BCUT2D eigenvalue weighted by Crippen LogP contribution is 2.24. The fourth-order valence-electron chi connectivity index (χ4n) is 2.91. The first-order valence-electron chi connectivity index (χ1n) is 7.17. The van der Waals surface area contributed by atoms with Gasteiger partial charge in [-0.05, 0) is 52.3 Å². The Balaban J connectivity index is 2.33. The smallest absolute Gasteiger partial charge is 0.0629 e. The van der Waals surface area contributed by atoms with E-state index in [1.807, 2.05) is 18.8 Å². The molecule has 1 aromatic carbocycles. The SMILES string of the molecule is CNC(Cc1c(C)nn(C)c1C)c1cc(C)cc(C)c1. The Morgan fingerprint density at radius 1 is 1.10 bits per heavy atom. The average Bonchev–Trinajstić information content (AvgIpc) is 2.60. The Bertz CT molecular complexity index is 591. The summed E-state index contributed by atoms with van der Waals surface area (Å²) in [5, 5.41) is 7.96. The molecule has 1 heterocycles. The van der Waals surface area contributed by atoms with Gasteiger partial charge in [0.25, 0.3) is 0 Å². The van der Waals surface area contributed by atoms with Crippen molar-refractivity contribution in [2.45, 2.75) is 40.2 Å². The Morgan fingerprint density at radius 2 is 1.70 bits per heavy atom. The van der Waals surface area contributed by atoms with Crippen molar-refractivity contribution in [3.63, 3.8) is 0 Å². The number of hydrogen-bond acceptors (Lipinski definition) is 2. The third-order valence-corrected chi connectivity index (χ3v) is 4.06.